The Hall–Kier alpha value is -1.76. The number of aromatic carboxylic acids is 1. The van der Waals surface area contributed by atoms with Crippen LogP contribution in [0.15, 0.2) is 18.2 Å². The van der Waals surface area contributed by atoms with Crippen LogP contribution in [-0.2, 0) is 0 Å². The number of carbonyl (C=O) groups is 1. The van der Waals surface area contributed by atoms with E-state index in [1.165, 1.54) is 6.07 Å². The third-order valence-electron chi connectivity index (χ3n) is 2.00. The topological polar surface area (TPSA) is 89.3 Å². The summed E-state index contributed by atoms with van der Waals surface area (Å²) in [5, 5.41) is 8.73. The first kappa shape index (κ1) is 12.3. The van der Waals surface area contributed by atoms with E-state index in [0.717, 1.165) is 12.1 Å². The minimum atomic E-state index is -4.69. The fraction of sp³-hybridized carbons (Fsp3) is 0.222. The zero-order valence-electron chi connectivity index (χ0n) is 7.95. The maximum Gasteiger partial charge on any atom is 0.407 e. The molecular weight excluding hydrogens is 225 g/mol. The molecule has 0 aromatic heterocycles. The summed E-state index contributed by atoms with van der Waals surface area (Å²) >= 11 is 0. The predicted octanol–water partition coefficient (Wildman–Crippen LogP) is 1.53. The Morgan fingerprint density at radius 2 is 1.94 bits per heavy atom. The Labute approximate surface area is 88.7 Å². The summed E-state index contributed by atoms with van der Waals surface area (Å²) in [4.78, 5) is 10.7. The van der Waals surface area contributed by atoms with Gasteiger partial charge in [0.1, 0.15) is 6.04 Å². The zero-order valence-corrected chi connectivity index (χ0v) is 7.95. The molecule has 1 rings (SSSR count). The van der Waals surface area contributed by atoms with E-state index < -0.39 is 29.3 Å². The Kier molecular flexibility index (Phi) is 3.09. The van der Waals surface area contributed by atoms with Gasteiger partial charge in [-0.25, -0.2) is 4.79 Å². The predicted molar refractivity (Wildman–Crippen MR) is 50.8 cm³/mol. The van der Waals surface area contributed by atoms with Crippen LogP contribution in [0.25, 0.3) is 0 Å². The van der Waals surface area contributed by atoms with E-state index in [4.69, 9.17) is 16.6 Å². The molecule has 1 atom stereocenters. The highest BCUT2D eigenvalue weighted by Crippen LogP contribution is 2.32. The van der Waals surface area contributed by atoms with E-state index in [1.807, 2.05) is 0 Å². The summed E-state index contributed by atoms with van der Waals surface area (Å²) < 4.78 is 37.0. The number of anilines is 1. The van der Waals surface area contributed by atoms with Crippen molar-refractivity contribution in [2.45, 2.75) is 12.2 Å². The Balaban J connectivity index is 3.28. The van der Waals surface area contributed by atoms with Crippen molar-refractivity contribution in [3.63, 3.8) is 0 Å². The molecule has 0 aliphatic heterocycles. The third kappa shape index (κ3) is 2.43. The molecule has 0 saturated carbocycles. The number of carboxylic acid groups (broad SMARTS) is 1. The van der Waals surface area contributed by atoms with E-state index in [9.17, 15) is 18.0 Å². The molecular formula is C9H9F3N2O2. The molecule has 1 aromatic carbocycles. The molecule has 0 heterocycles. The molecule has 0 spiro atoms. The molecule has 0 amide bonds. The van der Waals surface area contributed by atoms with Gasteiger partial charge in [-0.3, -0.25) is 0 Å². The number of rotatable bonds is 2. The van der Waals surface area contributed by atoms with Gasteiger partial charge in [-0.1, -0.05) is 6.07 Å². The van der Waals surface area contributed by atoms with Crippen molar-refractivity contribution in [2.75, 3.05) is 5.73 Å². The molecule has 0 unspecified atom stereocenters. The van der Waals surface area contributed by atoms with Crippen LogP contribution in [0.5, 0.6) is 0 Å². The van der Waals surface area contributed by atoms with Crippen LogP contribution >= 0.6 is 0 Å². The van der Waals surface area contributed by atoms with Crippen molar-refractivity contribution in [1.29, 1.82) is 0 Å². The highest BCUT2D eigenvalue weighted by Gasteiger charge is 2.39. The maximum absolute atomic E-state index is 12.3. The molecule has 4 nitrogen and oxygen atoms in total. The van der Waals surface area contributed by atoms with Crippen molar-refractivity contribution in [3.05, 3.63) is 29.3 Å². The number of hydrogen-bond acceptors (Lipinski definition) is 3. The molecule has 0 fully saturated rings. The van der Waals surface area contributed by atoms with Crippen LogP contribution in [0.1, 0.15) is 22.0 Å². The summed E-state index contributed by atoms with van der Waals surface area (Å²) in [6, 6.07) is 0.757. The molecule has 88 valence electrons. The first-order chi connectivity index (χ1) is 7.23. The van der Waals surface area contributed by atoms with Crippen LogP contribution in [0.2, 0.25) is 0 Å². The van der Waals surface area contributed by atoms with Crippen LogP contribution < -0.4 is 11.5 Å². The minimum absolute atomic E-state index is 0.0653. The number of carboxylic acids is 1. The second-order valence-corrected chi connectivity index (χ2v) is 3.17. The molecule has 0 saturated heterocycles. The average molecular weight is 234 g/mol. The second-order valence-electron chi connectivity index (χ2n) is 3.17. The van der Waals surface area contributed by atoms with Gasteiger partial charge < -0.3 is 16.6 Å². The lowest BCUT2D eigenvalue weighted by molar-refractivity contribution is -0.149. The monoisotopic (exact) mass is 234 g/mol. The summed E-state index contributed by atoms with van der Waals surface area (Å²) in [5.41, 5.74) is 9.24. The summed E-state index contributed by atoms with van der Waals surface area (Å²) in [5.74, 6) is -1.50. The van der Waals surface area contributed by atoms with Gasteiger partial charge in [-0.15, -0.1) is 0 Å². The van der Waals surface area contributed by atoms with E-state index in [2.05, 4.69) is 0 Å². The highest BCUT2D eigenvalue weighted by molar-refractivity contribution is 5.90. The van der Waals surface area contributed by atoms with Gasteiger partial charge in [0.25, 0.3) is 0 Å². The smallest absolute Gasteiger partial charge is 0.407 e. The average Bonchev–Trinajstić information content (AvgIpc) is 2.15. The SMILES string of the molecule is Nc1ccc([C@H](N)C(F)(F)F)c(C(=O)O)c1. The number of halogens is 3. The molecule has 0 aliphatic carbocycles. The van der Waals surface area contributed by atoms with Gasteiger partial charge >= 0.3 is 12.1 Å². The fourth-order valence-corrected chi connectivity index (χ4v) is 1.21. The van der Waals surface area contributed by atoms with Gasteiger partial charge in [0.05, 0.1) is 5.56 Å². The Bertz CT molecular complexity index is 418. The number of nitrogens with two attached hydrogens (primary N) is 2. The van der Waals surface area contributed by atoms with Crippen molar-refractivity contribution in [2.24, 2.45) is 5.73 Å². The molecule has 7 heteroatoms. The first-order valence-electron chi connectivity index (χ1n) is 4.18. The van der Waals surface area contributed by atoms with Gasteiger partial charge in [0.2, 0.25) is 0 Å². The highest BCUT2D eigenvalue weighted by atomic mass is 19.4. The van der Waals surface area contributed by atoms with Crippen LogP contribution in [0, 0.1) is 0 Å². The molecule has 0 bridgehead atoms. The molecule has 1 aromatic rings. The molecule has 0 aliphatic rings. The maximum atomic E-state index is 12.3. The second kappa shape index (κ2) is 4.01. The van der Waals surface area contributed by atoms with Crippen molar-refractivity contribution >= 4 is 11.7 Å². The Morgan fingerprint density at radius 3 is 2.38 bits per heavy atom. The van der Waals surface area contributed by atoms with Gasteiger partial charge in [-0.2, -0.15) is 13.2 Å². The van der Waals surface area contributed by atoms with Crippen molar-refractivity contribution in [3.8, 4) is 0 Å². The number of benzene rings is 1. The van der Waals surface area contributed by atoms with Gasteiger partial charge in [-0.05, 0) is 17.7 Å². The number of nitrogen functional groups attached to an aromatic ring is 1. The van der Waals surface area contributed by atoms with Crippen LogP contribution in [0.4, 0.5) is 18.9 Å². The fourth-order valence-electron chi connectivity index (χ4n) is 1.21. The standard InChI is InChI=1S/C9H9F3N2O2/c10-9(11,12)7(14)5-2-1-4(13)3-6(5)8(15)16/h1-3,7H,13-14H2,(H,15,16)/t7-/m0/s1. The zero-order chi connectivity index (χ0) is 12.5. The molecule has 0 radical (unpaired) electrons. The summed E-state index contributed by atoms with van der Waals surface area (Å²) in [6.07, 6.45) is -4.69. The van der Waals surface area contributed by atoms with Gasteiger partial charge in [0, 0.05) is 5.69 Å². The third-order valence-corrected chi connectivity index (χ3v) is 2.00. The lowest BCUT2D eigenvalue weighted by atomic mass is 10.00. The van der Waals surface area contributed by atoms with E-state index in [-0.39, 0.29) is 5.69 Å². The summed E-state index contributed by atoms with van der Waals surface area (Å²) in [7, 11) is 0. The molecule has 16 heavy (non-hydrogen) atoms. The summed E-state index contributed by atoms with van der Waals surface area (Å²) in [6.45, 7) is 0. The largest absolute Gasteiger partial charge is 0.478 e. The first-order valence-corrected chi connectivity index (χ1v) is 4.18. The normalized spacial score (nSPS) is 13.5. The van der Waals surface area contributed by atoms with Gasteiger partial charge in [0.15, 0.2) is 0 Å². The number of alkyl halides is 3. The van der Waals surface area contributed by atoms with E-state index in [0.29, 0.717) is 0 Å². The quantitative estimate of drug-likeness (QED) is 0.677. The van der Waals surface area contributed by atoms with E-state index in [1.54, 1.807) is 0 Å². The Morgan fingerprint density at radius 1 is 1.38 bits per heavy atom. The molecule has 5 N–H and O–H groups in total. The van der Waals surface area contributed by atoms with E-state index >= 15 is 0 Å². The van der Waals surface area contributed by atoms with Crippen molar-refractivity contribution < 1.29 is 23.1 Å². The van der Waals surface area contributed by atoms with Crippen LogP contribution in [-0.4, -0.2) is 17.3 Å². The number of hydrogen-bond donors (Lipinski definition) is 3. The van der Waals surface area contributed by atoms with Crippen LogP contribution in [0.3, 0.4) is 0 Å². The minimum Gasteiger partial charge on any atom is -0.478 e. The lowest BCUT2D eigenvalue weighted by Crippen LogP contribution is -2.30. The lowest BCUT2D eigenvalue weighted by Gasteiger charge is -2.17. The van der Waals surface area contributed by atoms with Crippen molar-refractivity contribution in [1.82, 2.24) is 0 Å².